The molecule has 1 saturated heterocycles. The number of hydrogen-bond acceptors (Lipinski definition) is 4. The maximum absolute atomic E-state index is 12.2. The highest BCUT2D eigenvalue weighted by Crippen LogP contribution is 2.21. The molecule has 0 bridgehead atoms. The van der Waals surface area contributed by atoms with E-state index >= 15 is 0 Å². The lowest BCUT2D eigenvalue weighted by Crippen LogP contribution is -2.29. The van der Waals surface area contributed by atoms with Crippen LogP contribution in [-0.2, 0) is 0 Å². The molecule has 3 heterocycles. The van der Waals surface area contributed by atoms with Gasteiger partial charge in [0.25, 0.3) is 5.56 Å². The fourth-order valence-electron chi connectivity index (χ4n) is 2.95. The van der Waals surface area contributed by atoms with Crippen molar-refractivity contribution in [2.45, 2.75) is 18.9 Å². The molecule has 1 fully saturated rings. The molecule has 1 aliphatic rings. The van der Waals surface area contributed by atoms with E-state index in [0.29, 0.717) is 22.8 Å². The first-order chi connectivity index (χ1) is 10.8. The average Bonchev–Trinajstić information content (AvgIpc) is 3.06. The number of rotatable bonds is 2. The van der Waals surface area contributed by atoms with Crippen LogP contribution in [0.25, 0.3) is 22.3 Å². The van der Waals surface area contributed by atoms with Gasteiger partial charge in [-0.1, -0.05) is 12.1 Å². The van der Waals surface area contributed by atoms with Gasteiger partial charge < -0.3 is 10.3 Å². The Kier molecular flexibility index (Phi) is 3.23. The number of fused-ring (bicyclic) bond motifs is 1. The van der Waals surface area contributed by atoms with Crippen molar-refractivity contribution in [3.63, 3.8) is 0 Å². The first-order valence-corrected chi connectivity index (χ1v) is 7.55. The van der Waals surface area contributed by atoms with Crippen molar-refractivity contribution in [2.75, 3.05) is 13.1 Å². The minimum atomic E-state index is -0.116. The third-order valence-corrected chi connectivity index (χ3v) is 4.17. The number of aromatic nitrogens is 4. The molecule has 0 saturated carbocycles. The molecule has 3 aromatic rings. The quantitative estimate of drug-likeness (QED) is 0.754. The predicted molar refractivity (Wildman–Crippen MR) is 84.7 cm³/mol. The zero-order valence-electron chi connectivity index (χ0n) is 12.1. The second-order valence-corrected chi connectivity index (χ2v) is 5.62. The normalized spacial score (nSPS) is 16.2. The zero-order chi connectivity index (χ0) is 14.9. The standard InChI is InChI=1S/C16H17N5O/c22-16-13-3-1-2-4-14(13)19-15(20-16)11-9-18-21(10-11)12-5-7-17-8-6-12/h1-4,9-10,12,17H,5-8H2,(H,19,20,22). The Morgan fingerprint density at radius 2 is 2.00 bits per heavy atom. The number of nitrogens with one attached hydrogen (secondary N) is 2. The van der Waals surface area contributed by atoms with Gasteiger partial charge in [-0.25, -0.2) is 4.98 Å². The topological polar surface area (TPSA) is 75.6 Å². The van der Waals surface area contributed by atoms with Crippen LogP contribution in [0.2, 0.25) is 0 Å². The summed E-state index contributed by atoms with van der Waals surface area (Å²) in [6.45, 7) is 2.04. The average molecular weight is 295 g/mol. The molecule has 0 aliphatic carbocycles. The van der Waals surface area contributed by atoms with Gasteiger partial charge in [0.15, 0.2) is 0 Å². The van der Waals surface area contributed by atoms with Crippen LogP contribution in [0.15, 0.2) is 41.5 Å². The molecule has 2 aromatic heterocycles. The van der Waals surface area contributed by atoms with Crippen LogP contribution in [0.1, 0.15) is 18.9 Å². The Hall–Kier alpha value is -2.47. The molecule has 1 aromatic carbocycles. The Morgan fingerprint density at radius 3 is 2.86 bits per heavy atom. The van der Waals surface area contributed by atoms with E-state index in [9.17, 15) is 4.79 Å². The van der Waals surface area contributed by atoms with Crippen LogP contribution in [0, 0.1) is 0 Å². The summed E-state index contributed by atoms with van der Waals surface area (Å²) in [5.41, 5.74) is 1.44. The van der Waals surface area contributed by atoms with Gasteiger partial charge in [0.2, 0.25) is 0 Å². The van der Waals surface area contributed by atoms with Crippen LogP contribution in [0.4, 0.5) is 0 Å². The Labute approximate surface area is 127 Å². The van der Waals surface area contributed by atoms with Crippen LogP contribution >= 0.6 is 0 Å². The van der Waals surface area contributed by atoms with E-state index in [-0.39, 0.29) is 5.56 Å². The molecule has 112 valence electrons. The van der Waals surface area contributed by atoms with Crippen LogP contribution < -0.4 is 10.9 Å². The van der Waals surface area contributed by atoms with Crippen molar-refractivity contribution < 1.29 is 0 Å². The number of aromatic amines is 1. The summed E-state index contributed by atoms with van der Waals surface area (Å²) >= 11 is 0. The molecular weight excluding hydrogens is 278 g/mol. The molecule has 0 radical (unpaired) electrons. The minimum Gasteiger partial charge on any atom is -0.317 e. The third-order valence-electron chi connectivity index (χ3n) is 4.17. The summed E-state index contributed by atoms with van der Waals surface area (Å²) in [4.78, 5) is 19.5. The van der Waals surface area contributed by atoms with Gasteiger partial charge in [-0.05, 0) is 38.1 Å². The van der Waals surface area contributed by atoms with Gasteiger partial charge in [-0.15, -0.1) is 0 Å². The Bertz CT molecular complexity index is 860. The van der Waals surface area contributed by atoms with Crippen molar-refractivity contribution in [1.82, 2.24) is 25.1 Å². The number of nitrogens with zero attached hydrogens (tertiary/aromatic N) is 3. The van der Waals surface area contributed by atoms with Gasteiger partial charge in [-0.2, -0.15) is 5.10 Å². The molecule has 6 heteroatoms. The second-order valence-electron chi connectivity index (χ2n) is 5.62. The van der Waals surface area contributed by atoms with E-state index in [0.717, 1.165) is 31.5 Å². The van der Waals surface area contributed by atoms with Crippen molar-refractivity contribution in [2.24, 2.45) is 0 Å². The lowest BCUT2D eigenvalue weighted by molar-refractivity contribution is 0.343. The van der Waals surface area contributed by atoms with E-state index < -0.39 is 0 Å². The first kappa shape index (κ1) is 13.2. The SMILES string of the molecule is O=c1[nH]c(-c2cnn(C3CCNCC3)c2)nc2ccccc12. The molecule has 0 spiro atoms. The number of benzene rings is 1. The molecule has 0 atom stereocenters. The molecular formula is C16H17N5O. The summed E-state index contributed by atoms with van der Waals surface area (Å²) in [5, 5.41) is 8.41. The van der Waals surface area contributed by atoms with Crippen molar-refractivity contribution >= 4 is 10.9 Å². The molecule has 0 amide bonds. The lowest BCUT2D eigenvalue weighted by Gasteiger charge is -2.22. The number of piperidine rings is 1. The third kappa shape index (κ3) is 2.31. The fraction of sp³-hybridized carbons (Fsp3) is 0.312. The first-order valence-electron chi connectivity index (χ1n) is 7.55. The van der Waals surface area contributed by atoms with E-state index in [2.05, 4.69) is 20.4 Å². The molecule has 0 unspecified atom stereocenters. The molecule has 1 aliphatic heterocycles. The van der Waals surface area contributed by atoms with Gasteiger partial charge >= 0.3 is 0 Å². The van der Waals surface area contributed by atoms with Crippen LogP contribution in [0.3, 0.4) is 0 Å². The van der Waals surface area contributed by atoms with Gasteiger partial charge in [-0.3, -0.25) is 9.48 Å². The van der Waals surface area contributed by atoms with E-state index in [1.54, 1.807) is 12.3 Å². The molecule has 2 N–H and O–H groups in total. The van der Waals surface area contributed by atoms with E-state index in [1.807, 2.05) is 29.1 Å². The van der Waals surface area contributed by atoms with Crippen LogP contribution in [-0.4, -0.2) is 32.8 Å². The fourth-order valence-corrected chi connectivity index (χ4v) is 2.95. The van der Waals surface area contributed by atoms with E-state index in [1.165, 1.54) is 0 Å². The predicted octanol–water partition coefficient (Wildman–Crippen LogP) is 1.71. The lowest BCUT2D eigenvalue weighted by atomic mass is 10.1. The monoisotopic (exact) mass is 295 g/mol. The number of H-pyrrole nitrogens is 1. The largest absolute Gasteiger partial charge is 0.317 e. The highest BCUT2D eigenvalue weighted by molar-refractivity contribution is 5.79. The van der Waals surface area contributed by atoms with Crippen molar-refractivity contribution in [3.8, 4) is 11.4 Å². The number of para-hydroxylation sites is 1. The molecule has 22 heavy (non-hydrogen) atoms. The van der Waals surface area contributed by atoms with Crippen molar-refractivity contribution in [1.29, 1.82) is 0 Å². The smallest absolute Gasteiger partial charge is 0.259 e. The van der Waals surface area contributed by atoms with Crippen molar-refractivity contribution in [3.05, 3.63) is 47.0 Å². The van der Waals surface area contributed by atoms with Gasteiger partial charge in [0.05, 0.1) is 28.7 Å². The summed E-state index contributed by atoms with van der Waals surface area (Å²) in [6.07, 6.45) is 5.89. The Morgan fingerprint density at radius 1 is 1.18 bits per heavy atom. The zero-order valence-corrected chi connectivity index (χ0v) is 12.1. The summed E-state index contributed by atoms with van der Waals surface area (Å²) in [6, 6.07) is 7.78. The van der Waals surface area contributed by atoms with Gasteiger partial charge in [0, 0.05) is 6.20 Å². The highest BCUT2D eigenvalue weighted by Gasteiger charge is 2.16. The Balaban J connectivity index is 1.73. The summed E-state index contributed by atoms with van der Waals surface area (Å²) in [7, 11) is 0. The minimum absolute atomic E-state index is 0.116. The van der Waals surface area contributed by atoms with Crippen LogP contribution in [0.5, 0.6) is 0 Å². The highest BCUT2D eigenvalue weighted by atomic mass is 16.1. The maximum atomic E-state index is 12.2. The summed E-state index contributed by atoms with van der Waals surface area (Å²) < 4.78 is 1.99. The number of hydrogen-bond donors (Lipinski definition) is 2. The van der Waals surface area contributed by atoms with E-state index in [4.69, 9.17) is 0 Å². The maximum Gasteiger partial charge on any atom is 0.259 e. The second kappa shape index (κ2) is 5.38. The molecule has 4 rings (SSSR count). The van der Waals surface area contributed by atoms with Gasteiger partial charge in [0.1, 0.15) is 5.82 Å². The molecule has 6 nitrogen and oxygen atoms in total. The summed E-state index contributed by atoms with van der Waals surface area (Å²) in [5.74, 6) is 0.573.